The van der Waals surface area contributed by atoms with Crippen molar-refractivity contribution in [3.05, 3.63) is 66.4 Å². The van der Waals surface area contributed by atoms with E-state index in [0.717, 1.165) is 37.2 Å². The summed E-state index contributed by atoms with van der Waals surface area (Å²) in [5, 5.41) is 3.82. The normalized spacial score (nSPS) is 11.4. The molecule has 0 atom stereocenters. The number of rotatable bonds is 5. The highest BCUT2D eigenvalue weighted by Crippen LogP contribution is 2.34. The van der Waals surface area contributed by atoms with E-state index in [1.54, 1.807) is 0 Å². The smallest absolute Gasteiger partial charge is 0.0867 e. The van der Waals surface area contributed by atoms with Gasteiger partial charge in [-0.2, -0.15) is 0 Å². The summed E-state index contributed by atoms with van der Waals surface area (Å²) in [5.41, 5.74) is 10.4. The lowest BCUT2D eigenvalue weighted by Crippen LogP contribution is -1.99. The molecule has 0 aliphatic rings. The zero-order valence-electron chi connectivity index (χ0n) is 13.6. The van der Waals surface area contributed by atoms with Crippen molar-refractivity contribution in [3.63, 3.8) is 0 Å². The van der Waals surface area contributed by atoms with Crippen LogP contribution in [0.2, 0.25) is 0 Å². The van der Waals surface area contributed by atoms with Gasteiger partial charge in [-0.3, -0.25) is 4.98 Å². The van der Waals surface area contributed by atoms with E-state index in [4.69, 9.17) is 5.73 Å². The number of unbranched alkanes of at least 4 members (excludes halogenated alkanes) is 1. The highest BCUT2D eigenvalue weighted by Gasteiger charge is 2.15. The van der Waals surface area contributed by atoms with E-state index in [1.165, 1.54) is 27.2 Å². The van der Waals surface area contributed by atoms with Gasteiger partial charge in [-0.25, -0.2) is 0 Å². The van der Waals surface area contributed by atoms with Crippen LogP contribution in [-0.4, -0.2) is 16.5 Å². The Balaban J connectivity index is 1.95. The van der Waals surface area contributed by atoms with E-state index >= 15 is 0 Å². The second-order valence-electron chi connectivity index (χ2n) is 6.15. The van der Waals surface area contributed by atoms with Crippen molar-refractivity contribution in [1.82, 2.24) is 9.97 Å². The number of aromatic amines is 1. The van der Waals surface area contributed by atoms with E-state index in [0.29, 0.717) is 0 Å². The average molecular weight is 315 g/mol. The molecule has 120 valence electrons. The Hall–Kier alpha value is -2.65. The first-order valence-corrected chi connectivity index (χ1v) is 8.52. The predicted molar refractivity (Wildman–Crippen MR) is 101 cm³/mol. The number of H-pyrrole nitrogens is 1. The molecule has 4 rings (SSSR count). The summed E-state index contributed by atoms with van der Waals surface area (Å²) in [6.07, 6.45) is 5.00. The highest BCUT2D eigenvalue weighted by atomic mass is 14.8. The van der Waals surface area contributed by atoms with Gasteiger partial charge in [-0.05, 0) is 48.9 Å². The molecule has 0 fully saturated rings. The van der Waals surface area contributed by atoms with Crippen LogP contribution in [0.15, 0.2) is 60.8 Å². The molecular weight excluding hydrogens is 294 g/mol. The monoisotopic (exact) mass is 315 g/mol. The molecule has 2 aromatic carbocycles. The lowest BCUT2D eigenvalue weighted by atomic mass is 10.0. The van der Waals surface area contributed by atoms with Gasteiger partial charge < -0.3 is 10.7 Å². The molecule has 0 aliphatic carbocycles. The molecule has 24 heavy (non-hydrogen) atoms. The summed E-state index contributed by atoms with van der Waals surface area (Å²) in [4.78, 5) is 8.21. The Morgan fingerprint density at radius 2 is 1.75 bits per heavy atom. The first-order chi connectivity index (χ1) is 11.9. The molecule has 2 aromatic heterocycles. The Labute approximate surface area is 141 Å². The van der Waals surface area contributed by atoms with Crippen LogP contribution in [-0.2, 0) is 6.42 Å². The molecule has 3 N–H and O–H groups in total. The summed E-state index contributed by atoms with van der Waals surface area (Å²) in [5.74, 6) is 0. The van der Waals surface area contributed by atoms with Crippen molar-refractivity contribution in [2.24, 2.45) is 5.73 Å². The minimum Gasteiger partial charge on any atom is -0.353 e. The zero-order valence-corrected chi connectivity index (χ0v) is 13.6. The maximum absolute atomic E-state index is 5.68. The number of aryl methyl sites for hydroxylation is 1. The fraction of sp³-hybridized carbons (Fsp3) is 0.190. The van der Waals surface area contributed by atoms with Crippen LogP contribution >= 0.6 is 0 Å². The molecular formula is C21H21N3. The molecule has 3 nitrogen and oxygen atoms in total. The van der Waals surface area contributed by atoms with Gasteiger partial charge in [0.15, 0.2) is 0 Å². The summed E-state index contributed by atoms with van der Waals surface area (Å²) in [6.45, 7) is 0.740. The fourth-order valence-corrected chi connectivity index (χ4v) is 3.43. The predicted octanol–water partition coefficient (Wildman–Crippen LogP) is 4.66. The minimum atomic E-state index is 0.740. The van der Waals surface area contributed by atoms with Gasteiger partial charge in [-0.1, -0.05) is 42.5 Å². The molecule has 2 heterocycles. The Morgan fingerprint density at radius 3 is 2.58 bits per heavy atom. The Morgan fingerprint density at radius 1 is 0.875 bits per heavy atom. The number of pyridine rings is 1. The second kappa shape index (κ2) is 6.46. The van der Waals surface area contributed by atoms with Crippen LogP contribution in [0.4, 0.5) is 0 Å². The van der Waals surface area contributed by atoms with Crippen LogP contribution < -0.4 is 5.73 Å². The maximum Gasteiger partial charge on any atom is 0.0867 e. The van der Waals surface area contributed by atoms with Crippen molar-refractivity contribution < 1.29 is 0 Å². The van der Waals surface area contributed by atoms with Crippen LogP contribution in [0.5, 0.6) is 0 Å². The van der Waals surface area contributed by atoms with Gasteiger partial charge in [-0.15, -0.1) is 0 Å². The lowest BCUT2D eigenvalue weighted by Gasteiger charge is -2.04. The summed E-state index contributed by atoms with van der Waals surface area (Å²) < 4.78 is 0. The third kappa shape index (κ3) is 2.57. The summed E-state index contributed by atoms with van der Waals surface area (Å²) in [7, 11) is 0. The minimum absolute atomic E-state index is 0.740. The average Bonchev–Trinajstić information content (AvgIpc) is 3.02. The number of aromatic nitrogens is 2. The second-order valence-corrected chi connectivity index (χ2v) is 6.15. The third-order valence-electron chi connectivity index (χ3n) is 4.61. The van der Waals surface area contributed by atoms with Gasteiger partial charge >= 0.3 is 0 Å². The number of fused-ring (bicyclic) bond motifs is 3. The number of nitrogens with two attached hydrogens (primary N) is 1. The van der Waals surface area contributed by atoms with E-state index in [-0.39, 0.29) is 0 Å². The van der Waals surface area contributed by atoms with Crippen molar-refractivity contribution in [2.45, 2.75) is 19.3 Å². The van der Waals surface area contributed by atoms with Gasteiger partial charge in [0.1, 0.15) is 0 Å². The van der Waals surface area contributed by atoms with Crippen molar-refractivity contribution >= 4 is 21.7 Å². The molecule has 0 aliphatic heterocycles. The Bertz CT molecular complexity index is 970. The molecule has 0 saturated carbocycles. The molecule has 0 spiro atoms. The first-order valence-electron chi connectivity index (χ1n) is 8.52. The molecule has 0 amide bonds. The highest BCUT2D eigenvalue weighted by molar-refractivity contribution is 6.08. The number of nitrogens with zero attached hydrogens (tertiary/aromatic N) is 1. The topological polar surface area (TPSA) is 54.7 Å². The Kier molecular flexibility index (Phi) is 4.01. The van der Waals surface area contributed by atoms with E-state index < -0.39 is 0 Å². The van der Waals surface area contributed by atoms with Crippen LogP contribution in [0.3, 0.4) is 0 Å². The van der Waals surface area contributed by atoms with Gasteiger partial charge in [0.2, 0.25) is 0 Å². The van der Waals surface area contributed by atoms with Crippen LogP contribution in [0.25, 0.3) is 33.1 Å². The molecule has 4 aromatic rings. The molecule has 3 heteroatoms. The van der Waals surface area contributed by atoms with Gasteiger partial charge in [0.25, 0.3) is 0 Å². The molecule has 0 unspecified atom stereocenters. The van der Waals surface area contributed by atoms with Gasteiger partial charge in [0.05, 0.1) is 16.9 Å². The first kappa shape index (κ1) is 14.9. The van der Waals surface area contributed by atoms with Crippen LogP contribution in [0.1, 0.15) is 18.4 Å². The molecule has 0 radical (unpaired) electrons. The molecule has 0 saturated heterocycles. The maximum atomic E-state index is 5.68. The summed E-state index contributed by atoms with van der Waals surface area (Å²) in [6, 6.07) is 19.0. The number of benzene rings is 2. The SMILES string of the molecule is NCCCCc1c(-c2ccccn2)[nH]c2c1ccc1ccccc12. The van der Waals surface area contributed by atoms with Crippen LogP contribution in [0, 0.1) is 0 Å². The fourth-order valence-electron chi connectivity index (χ4n) is 3.43. The number of hydrogen-bond acceptors (Lipinski definition) is 2. The van der Waals surface area contributed by atoms with Crippen molar-refractivity contribution in [3.8, 4) is 11.4 Å². The van der Waals surface area contributed by atoms with Crippen molar-refractivity contribution in [2.75, 3.05) is 6.54 Å². The largest absolute Gasteiger partial charge is 0.353 e. The standard InChI is InChI=1S/C21H21N3/c22-13-5-3-9-17-18-12-11-15-7-1-2-8-16(15)20(18)24-21(17)19-10-4-6-14-23-19/h1-2,4,6-8,10-12,14,24H,3,5,9,13,22H2. The number of hydrogen-bond donors (Lipinski definition) is 2. The number of nitrogens with one attached hydrogen (secondary N) is 1. The van der Waals surface area contributed by atoms with E-state index in [2.05, 4.69) is 52.4 Å². The lowest BCUT2D eigenvalue weighted by molar-refractivity contribution is 0.748. The van der Waals surface area contributed by atoms with E-state index in [9.17, 15) is 0 Å². The zero-order chi connectivity index (χ0) is 16.4. The summed E-state index contributed by atoms with van der Waals surface area (Å²) >= 11 is 0. The quantitative estimate of drug-likeness (QED) is 0.526. The molecule has 0 bridgehead atoms. The van der Waals surface area contributed by atoms with Crippen molar-refractivity contribution in [1.29, 1.82) is 0 Å². The van der Waals surface area contributed by atoms with Gasteiger partial charge in [0, 0.05) is 17.0 Å². The van der Waals surface area contributed by atoms with E-state index in [1.807, 2.05) is 18.3 Å². The third-order valence-corrected chi connectivity index (χ3v) is 4.61.